The Balaban J connectivity index is 1.57. The van der Waals surface area contributed by atoms with Crippen molar-refractivity contribution in [1.82, 2.24) is 9.80 Å². The minimum absolute atomic E-state index is 0.0755. The predicted octanol–water partition coefficient (Wildman–Crippen LogP) is 3.03. The van der Waals surface area contributed by atoms with Gasteiger partial charge in [0, 0.05) is 56.1 Å². The van der Waals surface area contributed by atoms with Gasteiger partial charge in [-0.1, -0.05) is 25.1 Å². The number of nitrogens with zero attached hydrogens (tertiary/aromatic N) is 2. The normalized spacial score (nSPS) is 15.2. The van der Waals surface area contributed by atoms with Crippen LogP contribution in [0.25, 0.3) is 0 Å². The Labute approximate surface area is 166 Å². The van der Waals surface area contributed by atoms with E-state index in [2.05, 4.69) is 39.6 Å². The third-order valence-corrected chi connectivity index (χ3v) is 4.94. The van der Waals surface area contributed by atoms with E-state index in [0.29, 0.717) is 17.7 Å². The molecule has 6 heteroatoms. The molecule has 28 heavy (non-hydrogen) atoms. The molecule has 2 aromatic rings. The first kappa shape index (κ1) is 20.0. The Morgan fingerprint density at radius 3 is 2.32 bits per heavy atom. The van der Waals surface area contributed by atoms with E-state index >= 15 is 0 Å². The molecule has 0 bridgehead atoms. The van der Waals surface area contributed by atoms with Crippen molar-refractivity contribution in [3.05, 3.63) is 59.7 Å². The number of rotatable bonds is 6. The summed E-state index contributed by atoms with van der Waals surface area (Å²) in [5.74, 6) is -0.270. The molecule has 1 fully saturated rings. The highest BCUT2D eigenvalue weighted by Crippen LogP contribution is 2.16. The zero-order valence-electron chi connectivity index (χ0n) is 16.6. The van der Waals surface area contributed by atoms with Gasteiger partial charge in [0.1, 0.15) is 0 Å². The van der Waals surface area contributed by atoms with Gasteiger partial charge in [-0.15, -0.1) is 0 Å². The fraction of sp³-hybridized carbons (Fsp3) is 0.364. The Morgan fingerprint density at radius 2 is 1.64 bits per heavy atom. The zero-order chi connectivity index (χ0) is 19.9. The van der Waals surface area contributed by atoms with Crippen molar-refractivity contribution in [2.45, 2.75) is 19.9 Å². The van der Waals surface area contributed by atoms with Crippen LogP contribution in [0.3, 0.4) is 0 Å². The third-order valence-electron chi connectivity index (χ3n) is 4.94. The summed E-state index contributed by atoms with van der Waals surface area (Å²) in [5, 5.41) is 5.69. The molecule has 0 unspecified atom stereocenters. The van der Waals surface area contributed by atoms with Gasteiger partial charge in [0.25, 0.3) is 5.91 Å². The topological polar surface area (TPSA) is 64.7 Å². The number of hydrogen-bond donors (Lipinski definition) is 2. The number of amides is 2. The van der Waals surface area contributed by atoms with Crippen molar-refractivity contribution < 1.29 is 9.59 Å². The number of carbonyl (C=O) groups is 2. The van der Waals surface area contributed by atoms with Crippen LogP contribution < -0.4 is 10.6 Å². The lowest BCUT2D eigenvalue weighted by Crippen LogP contribution is -2.43. The van der Waals surface area contributed by atoms with Crippen LogP contribution >= 0.6 is 0 Å². The highest BCUT2D eigenvalue weighted by molar-refractivity contribution is 6.05. The molecule has 0 aromatic heterocycles. The highest BCUT2D eigenvalue weighted by Gasteiger charge is 2.14. The molecule has 1 heterocycles. The van der Waals surface area contributed by atoms with Crippen molar-refractivity contribution >= 4 is 23.2 Å². The van der Waals surface area contributed by atoms with Gasteiger partial charge in [-0.2, -0.15) is 0 Å². The lowest BCUT2D eigenvalue weighted by molar-refractivity contribution is -0.115. The molecular weight excluding hydrogens is 352 g/mol. The van der Waals surface area contributed by atoms with E-state index in [1.54, 1.807) is 31.2 Å². The first-order chi connectivity index (χ1) is 13.5. The van der Waals surface area contributed by atoms with E-state index in [0.717, 1.165) is 38.4 Å². The number of benzene rings is 2. The zero-order valence-corrected chi connectivity index (χ0v) is 16.6. The molecule has 1 aliphatic heterocycles. The molecule has 2 N–H and O–H groups in total. The minimum Gasteiger partial charge on any atom is -0.326 e. The van der Waals surface area contributed by atoms with Crippen molar-refractivity contribution in [3.8, 4) is 0 Å². The van der Waals surface area contributed by atoms with Crippen LogP contribution in [0.15, 0.2) is 48.5 Å². The fourth-order valence-electron chi connectivity index (χ4n) is 3.15. The molecule has 6 nitrogen and oxygen atoms in total. The van der Waals surface area contributed by atoms with Gasteiger partial charge in [-0.3, -0.25) is 14.5 Å². The van der Waals surface area contributed by atoms with E-state index in [4.69, 9.17) is 0 Å². The first-order valence-electron chi connectivity index (χ1n) is 9.74. The number of nitrogens with one attached hydrogen (secondary N) is 2. The van der Waals surface area contributed by atoms with Crippen LogP contribution in [-0.4, -0.2) is 54.8 Å². The summed E-state index contributed by atoms with van der Waals surface area (Å²) in [5.41, 5.74) is 3.14. The van der Waals surface area contributed by atoms with Gasteiger partial charge in [-0.25, -0.2) is 0 Å². The average Bonchev–Trinajstić information content (AvgIpc) is 2.71. The predicted molar refractivity (Wildman–Crippen MR) is 113 cm³/mol. The molecule has 1 aliphatic rings. The summed E-state index contributed by atoms with van der Waals surface area (Å²) in [7, 11) is 2.15. The fourth-order valence-corrected chi connectivity index (χ4v) is 3.15. The quantitative estimate of drug-likeness (QED) is 0.809. The van der Waals surface area contributed by atoms with Gasteiger partial charge in [0.15, 0.2) is 0 Å². The van der Waals surface area contributed by atoms with E-state index in [1.165, 1.54) is 5.56 Å². The lowest BCUT2D eigenvalue weighted by Gasteiger charge is -2.32. The molecule has 2 aromatic carbocycles. The molecule has 3 rings (SSSR count). The van der Waals surface area contributed by atoms with Crippen molar-refractivity contribution in [1.29, 1.82) is 0 Å². The molecule has 0 spiro atoms. The monoisotopic (exact) mass is 380 g/mol. The Kier molecular flexibility index (Phi) is 6.79. The van der Waals surface area contributed by atoms with Crippen LogP contribution in [0.1, 0.15) is 29.3 Å². The number of piperazine rings is 1. The first-order valence-corrected chi connectivity index (χ1v) is 9.74. The van der Waals surface area contributed by atoms with Gasteiger partial charge in [-0.05, 0) is 42.9 Å². The van der Waals surface area contributed by atoms with Crippen LogP contribution in [0.2, 0.25) is 0 Å². The van der Waals surface area contributed by atoms with Gasteiger partial charge in [0.2, 0.25) is 5.91 Å². The molecule has 2 amide bonds. The summed E-state index contributed by atoms with van der Waals surface area (Å²) in [4.78, 5) is 28.8. The van der Waals surface area contributed by atoms with E-state index in [-0.39, 0.29) is 11.8 Å². The van der Waals surface area contributed by atoms with Crippen molar-refractivity contribution in [2.75, 3.05) is 43.9 Å². The molecule has 0 radical (unpaired) electrons. The second kappa shape index (κ2) is 9.48. The summed E-state index contributed by atoms with van der Waals surface area (Å²) >= 11 is 0. The maximum atomic E-state index is 12.5. The average molecular weight is 380 g/mol. The second-order valence-corrected chi connectivity index (χ2v) is 7.21. The molecule has 0 atom stereocenters. The van der Waals surface area contributed by atoms with Crippen LogP contribution in [0.5, 0.6) is 0 Å². The summed E-state index contributed by atoms with van der Waals surface area (Å²) in [6.07, 6.45) is 0.400. The largest absolute Gasteiger partial charge is 0.326 e. The highest BCUT2D eigenvalue weighted by atomic mass is 16.2. The second-order valence-electron chi connectivity index (χ2n) is 7.21. The summed E-state index contributed by atoms with van der Waals surface area (Å²) in [6.45, 7) is 7.10. The summed E-state index contributed by atoms with van der Waals surface area (Å²) in [6, 6.07) is 15.0. The maximum Gasteiger partial charge on any atom is 0.255 e. The van der Waals surface area contributed by atoms with Gasteiger partial charge < -0.3 is 15.5 Å². The van der Waals surface area contributed by atoms with E-state index < -0.39 is 0 Å². The van der Waals surface area contributed by atoms with E-state index in [9.17, 15) is 9.59 Å². The van der Waals surface area contributed by atoms with E-state index in [1.807, 2.05) is 12.1 Å². The third kappa shape index (κ3) is 5.65. The van der Waals surface area contributed by atoms with Crippen molar-refractivity contribution in [2.24, 2.45) is 0 Å². The minimum atomic E-state index is -0.195. The van der Waals surface area contributed by atoms with Crippen molar-refractivity contribution in [3.63, 3.8) is 0 Å². The molecule has 0 saturated carbocycles. The van der Waals surface area contributed by atoms with Crippen LogP contribution in [0.4, 0.5) is 11.4 Å². The number of carbonyl (C=O) groups excluding carboxylic acids is 2. The Bertz CT molecular complexity index is 812. The number of hydrogen-bond acceptors (Lipinski definition) is 4. The number of anilines is 2. The standard InChI is InChI=1S/C22H28N4O2/c1-3-21(27)23-20-6-4-5-18(15-20)22(28)24-19-9-7-17(8-10-19)16-26-13-11-25(2)12-14-26/h4-10,15H,3,11-14,16H2,1-2H3,(H,23,27)(H,24,28). The number of likely N-dealkylation sites (N-methyl/N-ethyl adjacent to an activating group) is 1. The SMILES string of the molecule is CCC(=O)Nc1cccc(C(=O)Nc2ccc(CN3CCN(C)CC3)cc2)c1. The lowest BCUT2D eigenvalue weighted by atomic mass is 10.1. The van der Waals surface area contributed by atoms with Gasteiger partial charge >= 0.3 is 0 Å². The van der Waals surface area contributed by atoms with Gasteiger partial charge in [0.05, 0.1) is 0 Å². The molecule has 0 aliphatic carbocycles. The molecule has 148 valence electrons. The van der Waals surface area contributed by atoms with Crippen LogP contribution in [0, 0.1) is 0 Å². The summed E-state index contributed by atoms with van der Waals surface area (Å²) < 4.78 is 0. The maximum absolute atomic E-state index is 12.5. The smallest absolute Gasteiger partial charge is 0.255 e. The van der Waals surface area contributed by atoms with Crippen LogP contribution in [-0.2, 0) is 11.3 Å². The molecule has 1 saturated heterocycles. The molecular formula is C22H28N4O2. The Morgan fingerprint density at radius 1 is 0.929 bits per heavy atom. The Hall–Kier alpha value is -2.70.